The minimum absolute atomic E-state index is 0.0209. The van der Waals surface area contributed by atoms with Gasteiger partial charge in [0.15, 0.2) is 0 Å². The first kappa shape index (κ1) is 14.5. The zero-order chi connectivity index (χ0) is 14.4. The molecular weight excluding hydrogens is 276 g/mol. The molecule has 1 amide bonds. The Morgan fingerprint density at radius 1 is 1.50 bits per heavy atom. The van der Waals surface area contributed by atoms with E-state index in [2.05, 4.69) is 22.1 Å². The summed E-state index contributed by atoms with van der Waals surface area (Å²) in [5, 5.41) is 10.1. The van der Waals surface area contributed by atoms with Crippen molar-refractivity contribution in [3.63, 3.8) is 0 Å². The Bertz CT molecular complexity index is 588. The van der Waals surface area contributed by atoms with Crippen LogP contribution in [0, 0.1) is 0 Å². The van der Waals surface area contributed by atoms with Crippen LogP contribution < -0.4 is 5.69 Å². The second kappa shape index (κ2) is 7.04. The number of nitrogens with zero attached hydrogens (tertiary/aromatic N) is 2. The lowest BCUT2D eigenvalue weighted by Gasteiger charge is -2.21. The molecule has 0 atom stereocenters. The molecule has 6 nitrogen and oxygen atoms in total. The molecule has 2 aromatic rings. The lowest BCUT2D eigenvalue weighted by Crippen LogP contribution is -2.33. The van der Waals surface area contributed by atoms with Gasteiger partial charge in [0.05, 0.1) is 6.42 Å². The molecule has 0 radical (unpaired) electrons. The number of hydrogen-bond acceptors (Lipinski definition) is 4. The van der Waals surface area contributed by atoms with Gasteiger partial charge >= 0.3 is 5.69 Å². The first-order valence-electron chi connectivity index (χ1n) is 6.61. The molecule has 0 unspecified atom stereocenters. The van der Waals surface area contributed by atoms with E-state index >= 15 is 0 Å². The van der Waals surface area contributed by atoms with Crippen LogP contribution in [-0.2, 0) is 17.8 Å². The number of hydrogen-bond donors (Lipinski definition) is 2. The zero-order valence-corrected chi connectivity index (χ0v) is 12.2. The summed E-state index contributed by atoms with van der Waals surface area (Å²) in [5.74, 6) is 0.360. The number of carbonyl (C=O) groups is 1. The van der Waals surface area contributed by atoms with Crippen molar-refractivity contribution in [2.45, 2.75) is 32.7 Å². The Morgan fingerprint density at radius 3 is 2.95 bits per heavy atom. The van der Waals surface area contributed by atoms with E-state index in [4.69, 9.17) is 0 Å². The monoisotopic (exact) mass is 294 g/mol. The first-order chi connectivity index (χ1) is 9.69. The van der Waals surface area contributed by atoms with Crippen LogP contribution in [0.1, 0.15) is 31.2 Å². The molecule has 20 heavy (non-hydrogen) atoms. The average molecular weight is 294 g/mol. The molecule has 0 aliphatic rings. The molecule has 0 saturated carbocycles. The molecule has 0 aliphatic carbocycles. The van der Waals surface area contributed by atoms with Crippen molar-refractivity contribution in [2.75, 3.05) is 6.54 Å². The second-order valence-corrected chi connectivity index (χ2v) is 5.38. The molecule has 0 spiro atoms. The van der Waals surface area contributed by atoms with Gasteiger partial charge in [-0.3, -0.25) is 9.78 Å². The molecular formula is C13H18N4O2S. The molecule has 2 N–H and O–H groups in total. The summed E-state index contributed by atoms with van der Waals surface area (Å²) < 4.78 is 0. The van der Waals surface area contributed by atoms with Crippen molar-refractivity contribution >= 4 is 17.2 Å². The molecule has 0 aliphatic heterocycles. The van der Waals surface area contributed by atoms with E-state index in [1.165, 1.54) is 0 Å². The maximum absolute atomic E-state index is 12.3. The number of carbonyl (C=O) groups excluding carboxylic acids is 1. The van der Waals surface area contributed by atoms with Gasteiger partial charge in [-0.2, -0.15) is 16.4 Å². The number of thiophene rings is 1. The highest BCUT2D eigenvalue weighted by molar-refractivity contribution is 7.07. The normalized spacial score (nSPS) is 10.7. The summed E-state index contributed by atoms with van der Waals surface area (Å²) in [6.45, 7) is 3.43. The van der Waals surface area contributed by atoms with E-state index in [1.807, 2.05) is 21.7 Å². The van der Waals surface area contributed by atoms with Gasteiger partial charge in [-0.1, -0.05) is 13.3 Å². The van der Waals surface area contributed by atoms with Crippen LogP contribution in [-0.4, -0.2) is 32.5 Å². The van der Waals surface area contributed by atoms with E-state index in [0.717, 1.165) is 24.9 Å². The van der Waals surface area contributed by atoms with Crippen molar-refractivity contribution < 1.29 is 4.79 Å². The molecule has 0 aromatic carbocycles. The predicted molar refractivity (Wildman–Crippen MR) is 77.6 cm³/mol. The fourth-order valence-electron chi connectivity index (χ4n) is 1.89. The van der Waals surface area contributed by atoms with E-state index < -0.39 is 0 Å². The molecule has 2 aromatic heterocycles. The van der Waals surface area contributed by atoms with Gasteiger partial charge in [-0.05, 0) is 28.8 Å². The molecule has 0 bridgehead atoms. The molecule has 2 rings (SSSR count). The maximum atomic E-state index is 12.3. The van der Waals surface area contributed by atoms with Crippen molar-refractivity contribution in [3.05, 3.63) is 38.7 Å². The fourth-order valence-corrected chi connectivity index (χ4v) is 2.55. The van der Waals surface area contributed by atoms with Crippen LogP contribution in [0.15, 0.2) is 21.6 Å². The number of amides is 1. The Hall–Kier alpha value is -1.89. The Kier molecular flexibility index (Phi) is 5.11. The summed E-state index contributed by atoms with van der Waals surface area (Å²) in [6.07, 6.45) is 2.12. The van der Waals surface area contributed by atoms with E-state index in [0.29, 0.717) is 12.4 Å². The van der Waals surface area contributed by atoms with Crippen LogP contribution in [0.5, 0.6) is 0 Å². The molecule has 7 heteroatoms. The van der Waals surface area contributed by atoms with Crippen LogP contribution in [0.25, 0.3) is 0 Å². The number of H-pyrrole nitrogens is 2. The highest BCUT2D eigenvalue weighted by Crippen LogP contribution is 2.11. The van der Waals surface area contributed by atoms with Crippen molar-refractivity contribution in [3.8, 4) is 0 Å². The van der Waals surface area contributed by atoms with Gasteiger partial charge in [0.25, 0.3) is 0 Å². The summed E-state index contributed by atoms with van der Waals surface area (Å²) in [6, 6.07) is 2.02. The molecule has 2 heterocycles. The van der Waals surface area contributed by atoms with Crippen molar-refractivity contribution in [1.29, 1.82) is 0 Å². The van der Waals surface area contributed by atoms with Crippen LogP contribution in [0.3, 0.4) is 0 Å². The SMILES string of the molecule is CCCCN(Cc1ccsc1)C(=O)Cc1n[nH]c(=O)[nH]1. The summed E-state index contributed by atoms with van der Waals surface area (Å²) in [4.78, 5) is 27.6. The van der Waals surface area contributed by atoms with Crippen molar-refractivity contribution in [1.82, 2.24) is 20.1 Å². The Balaban J connectivity index is 2.01. The number of rotatable bonds is 7. The van der Waals surface area contributed by atoms with Crippen LogP contribution in [0.4, 0.5) is 0 Å². The third-order valence-electron chi connectivity index (χ3n) is 2.96. The third kappa shape index (κ3) is 4.06. The van der Waals surface area contributed by atoms with Crippen LogP contribution in [0.2, 0.25) is 0 Å². The molecule has 0 fully saturated rings. The topological polar surface area (TPSA) is 81.8 Å². The Labute approximate surface area is 120 Å². The largest absolute Gasteiger partial charge is 0.340 e. The number of aromatic nitrogens is 3. The first-order valence-corrected chi connectivity index (χ1v) is 7.55. The predicted octanol–water partition coefficient (Wildman–Crippen LogP) is 1.53. The quantitative estimate of drug-likeness (QED) is 0.812. The average Bonchev–Trinajstić information content (AvgIpc) is 3.06. The van der Waals surface area contributed by atoms with Gasteiger partial charge < -0.3 is 4.90 Å². The zero-order valence-electron chi connectivity index (χ0n) is 11.4. The fraction of sp³-hybridized carbons (Fsp3) is 0.462. The van der Waals surface area contributed by atoms with Crippen LogP contribution >= 0.6 is 11.3 Å². The highest BCUT2D eigenvalue weighted by atomic mass is 32.1. The Morgan fingerprint density at radius 2 is 2.35 bits per heavy atom. The maximum Gasteiger partial charge on any atom is 0.340 e. The van der Waals surface area contributed by atoms with Gasteiger partial charge in [0.2, 0.25) is 5.91 Å². The van der Waals surface area contributed by atoms with Gasteiger partial charge in [-0.15, -0.1) is 0 Å². The molecule has 0 saturated heterocycles. The summed E-state index contributed by atoms with van der Waals surface area (Å²) in [7, 11) is 0. The van der Waals surface area contributed by atoms with Gasteiger partial charge in [0.1, 0.15) is 5.82 Å². The second-order valence-electron chi connectivity index (χ2n) is 4.60. The van der Waals surface area contributed by atoms with Gasteiger partial charge in [0, 0.05) is 13.1 Å². The van der Waals surface area contributed by atoms with E-state index in [1.54, 1.807) is 11.3 Å². The van der Waals surface area contributed by atoms with E-state index in [9.17, 15) is 9.59 Å². The minimum atomic E-state index is -0.384. The standard InChI is InChI=1S/C13H18N4O2S/c1-2-3-5-17(8-10-4-6-20-9-10)12(18)7-11-14-13(19)16-15-11/h4,6,9H,2-3,5,7-8H2,1H3,(H2,14,15,16,19). The smallest absolute Gasteiger partial charge is 0.338 e. The summed E-state index contributed by atoms with van der Waals surface area (Å²) >= 11 is 1.62. The minimum Gasteiger partial charge on any atom is -0.338 e. The van der Waals surface area contributed by atoms with Gasteiger partial charge in [-0.25, -0.2) is 9.89 Å². The summed E-state index contributed by atoms with van der Waals surface area (Å²) in [5.41, 5.74) is 0.751. The number of aromatic amines is 2. The number of nitrogens with one attached hydrogen (secondary N) is 2. The lowest BCUT2D eigenvalue weighted by atomic mass is 10.2. The third-order valence-corrected chi connectivity index (χ3v) is 3.69. The number of unbranched alkanes of at least 4 members (excludes halogenated alkanes) is 1. The van der Waals surface area contributed by atoms with Crippen molar-refractivity contribution in [2.24, 2.45) is 0 Å². The lowest BCUT2D eigenvalue weighted by molar-refractivity contribution is -0.131. The highest BCUT2D eigenvalue weighted by Gasteiger charge is 2.16. The molecule has 108 valence electrons. The van der Waals surface area contributed by atoms with E-state index in [-0.39, 0.29) is 18.0 Å².